The molecular weight excluding hydrogens is 283 g/mol. The number of pyridine rings is 1. The molecule has 0 saturated heterocycles. The third-order valence-electron chi connectivity index (χ3n) is 2.93. The maximum absolute atomic E-state index is 12.6. The zero-order chi connectivity index (χ0) is 15.5. The van der Waals surface area contributed by atoms with E-state index in [0.717, 1.165) is 5.39 Å². The van der Waals surface area contributed by atoms with Crippen molar-refractivity contribution in [3.63, 3.8) is 0 Å². The minimum absolute atomic E-state index is 0.00537. The smallest absolute Gasteiger partial charge is 0.329 e. The lowest BCUT2D eigenvalue weighted by Gasteiger charge is -2.23. The molecule has 112 valence electrons. The molecule has 1 aromatic carbocycles. The zero-order valence-electron chi connectivity index (χ0n) is 11.1. The minimum atomic E-state index is -4.48. The molecule has 2 N–H and O–H groups in total. The van der Waals surface area contributed by atoms with Gasteiger partial charge in [0.15, 0.2) is 0 Å². The number of nitrogens with zero attached hydrogens (tertiary/aromatic N) is 2. The van der Waals surface area contributed by atoms with Gasteiger partial charge in [-0.3, -0.25) is 9.78 Å². The van der Waals surface area contributed by atoms with Crippen LogP contribution in [0.5, 0.6) is 0 Å². The summed E-state index contributed by atoms with van der Waals surface area (Å²) >= 11 is 0. The number of hydrogen-bond donors (Lipinski definition) is 1. The summed E-state index contributed by atoms with van der Waals surface area (Å²) in [5.41, 5.74) is 5.30. The van der Waals surface area contributed by atoms with Crippen molar-refractivity contribution >= 4 is 16.7 Å². The van der Waals surface area contributed by atoms with Gasteiger partial charge in [0.05, 0.1) is 0 Å². The van der Waals surface area contributed by atoms with E-state index >= 15 is 0 Å². The monoisotopic (exact) mass is 297 g/mol. The van der Waals surface area contributed by atoms with E-state index in [1.165, 1.54) is 6.20 Å². The van der Waals surface area contributed by atoms with Crippen LogP contribution < -0.4 is 5.73 Å². The van der Waals surface area contributed by atoms with Gasteiger partial charge >= 0.3 is 6.18 Å². The van der Waals surface area contributed by atoms with Crippen LogP contribution >= 0.6 is 0 Å². The van der Waals surface area contributed by atoms with Gasteiger partial charge in [0.1, 0.15) is 12.2 Å². The summed E-state index contributed by atoms with van der Waals surface area (Å²) in [6, 6.07) is 8.61. The Kier molecular flexibility index (Phi) is 4.42. The summed E-state index contributed by atoms with van der Waals surface area (Å²) < 4.78 is 37.7. The molecule has 0 aliphatic rings. The third-order valence-corrected chi connectivity index (χ3v) is 2.93. The zero-order valence-corrected chi connectivity index (χ0v) is 11.1. The van der Waals surface area contributed by atoms with Crippen LogP contribution in [0.4, 0.5) is 13.2 Å². The molecule has 0 bridgehead atoms. The van der Waals surface area contributed by atoms with Crippen LogP contribution in [0.25, 0.3) is 10.8 Å². The first-order valence-corrected chi connectivity index (χ1v) is 6.32. The molecule has 0 spiro atoms. The Bertz CT molecular complexity index is 637. The summed E-state index contributed by atoms with van der Waals surface area (Å²) in [6.45, 7) is -1.57. The van der Waals surface area contributed by atoms with Crippen molar-refractivity contribution in [2.75, 3.05) is 19.6 Å². The first-order valence-electron chi connectivity index (χ1n) is 6.32. The highest BCUT2D eigenvalue weighted by atomic mass is 19.4. The molecule has 2 rings (SSSR count). The molecule has 7 heteroatoms. The van der Waals surface area contributed by atoms with E-state index in [9.17, 15) is 18.0 Å². The van der Waals surface area contributed by atoms with Crippen molar-refractivity contribution in [3.05, 3.63) is 42.2 Å². The molecule has 0 unspecified atom stereocenters. The number of amides is 1. The number of hydrogen-bond acceptors (Lipinski definition) is 3. The maximum Gasteiger partial charge on any atom is 0.406 e. The lowest BCUT2D eigenvalue weighted by Crippen LogP contribution is -2.42. The van der Waals surface area contributed by atoms with Crippen molar-refractivity contribution < 1.29 is 18.0 Å². The molecule has 1 amide bonds. The fraction of sp³-hybridized carbons (Fsp3) is 0.286. The first kappa shape index (κ1) is 15.2. The second-order valence-corrected chi connectivity index (χ2v) is 4.51. The quantitative estimate of drug-likeness (QED) is 0.941. The van der Waals surface area contributed by atoms with Crippen molar-refractivity contribution in [1.82, 2.24) is 9.88 Å². The van der Waals surface area contributed by atoms with Crippen LogP contribution in [-0.4, -0.2) is 41.6 Å². The summed E-state index contributed by atoms with van der Waals surface area (Å²) in [7, 11) is 0. The van der Waals surface area contributed by atoms with E-state index in [1.807, 2.05) is 0 Å². The van der Waals surface area contributed by atoms with Gasteiger partial charge in [-0.1, -0.05) is 24.3 Å². The summed E-state index contributed by atoms with van der Waals surface area (Å²) in [4.78, 5) is 17.0. The number of fused-ring (bicyclic) bond motifs is 1. The molecule has 0 radical (unpaired) electrons. The molecule has 0 fully saturated rings. The van der Waals surface area contributed by atoms with Gasteiger partial charge in [0.2, 0.25) is 0 Å². The van der Waals surface area contributed by atoms with Gasteiger partial charge in [-0.05, 0) is 11.5 Å². The van der Waals surface area contributed by atoms with E-state index < -0.39 is 18.6 Å². The summed E-state index contributed by atoms with van der Waals surface area (Å²) in [5, 5.41) is 1.27. The number of aromatic nitrogens is 1. The highest BCUT2D eigenvalue weighted by Gasteiger charge is 2.33. The Morgan fingerprint density at radius 3 is 2.62 bits per heavy atom. The van der Waals surface area contributed by atoms with Gasteiger partial charge in [-0.25, -0.2) is 0 Å². The fourth-order valence-corrected chi connectivity index (χ4v) is 2.06. The molecule has 1 aromatic heterocycles. The molecule has 0 aliphatic carbocycles. The van der Waals surface area contributed by atoms with Gasteiger partial charge in [0, 0.05) is 24.7 Å². The van der Waals surface area contributed by atoms with Crippen LogP contribution in [0.1, 0.15) is 10.5 Å². The number of carbonyl (C=O) groups excluding carboxylic acids is 1. The number of rotatable bonds is 4. The van der Waals surface area contributed by atoms with Crippen molar-refractivity contribution in [2.24, 2.45) is 5.73 Å². The second kappa shape index (κ2) is 6.09. The van der Waals surface area contributed by atoms with Gasteiger partial charge in [0.25, 0.3) is 5.91 Å². The Morgan fingerprint density at radius 2 is 1.95 bits per heavy atom. The summed E-state index contributed by atoms with van der Waals surface area (Å²) in [5.74, 6) is -0.769. The number of nitrogens with two attached hydrogens (primary N) is 1. The largest absolute Gasteiger partial charge is 0.406 e. The topological polar surface area (TPSA) is 59.2 Å². The molecule has 21 heavy (non-hydrogen) atoms. The van der Waals surface area contributed by atoms with E-state index in [0.29, 0.717) is 10.3 Å². The van der Waals surface area contributed by atoms with Crippen LogP contribution in [0, 0.1) is 0 Å². The number of halogens is 3. The second-order valence-electron chi connectivity index (χ2n) is 4.51. The van der Waals surface area contributed by atoms with Crippen molar-refractivity contribution in [1.29, 1.82) is 0 Å². The molecule has 4 nitrogen and oxygen atoms in total. The Balaban J connectivity index is 2.39. The maximum atomic E-state index is 12.6. The Hall–Kier alpha value is -2.15. The minimum Gasteiger partial charge on any atom is -0.329 e. The Labute approximate surface area is 119 Å². The number of benzene rings is 1. The van der Waals surface area contributed by atoms with Gasteiger partial charge in [-0.2, -0.15) is 13.2 Å². The molecule has 0 aliphatic heterocycles. The van der Waals surface area contributed by atoms with Crippen LogP contribution in [0.15, 0.2) is 36.5 Å². The van der Waals surface area contributed by atoms with Gasteiger partial charge in [-0.15, -0.1) is 0 Å². The average molecular weight is 297 g/mol. The van der Waals surface area contributed by atoms with Crippen molar-refractivity contribution in [2.45, 2.75) is 6.18 Å². The summed E-state index contributed by atoms with van der Waals surface area (Å²) in [6.07, 6.45) is -3.07. The van der Waals surface area contributed by atoms with E-state index in [2.05, 4.69) is 4.98 Å². The predicted molar refractivity (Wildman–Crippen MR) is 72.8 cm³/mol. The highest BCUT2D eigenvalue weighted by Crippen LogP contribution is 2.21. The molecule has 1 heterocycles. The number of carbonyl (C=O) groups is 1. The first-order chi connectivity index (χ1) is 9.92. The number of alkyl halides is 3. The van der Waals surface area contributed by atoms with Crippen molar-refractivity contribution in [3.8, 4) is 0 Å². The highest BCUT2D eigenvalue weighted by molar-refractivity contribution is 6.05. The molecule has 0 saturated carbocycles. The SMILES string of the molecule is NCCN(CC(F)(F)F)C(=O)c1nccc2ccccc12. The van der Waals surface area contributed by atoms with E-state index in [4.69, 9.17) is 5.73 Å². The lowest BCUT2D eigenvalue weighted by molar-refractivity contribution is -0.140. The van der Waals surface area contributed by atoms with Crippen LogP contribution in [0.3, 0.4) is 0 Å². The average Bonchev–Trinajstić information content (AvgIpc) is 2.44. The van der Waals surface area contributed by atoms with Crippen LogP contribution in [-0.2, 0) is 0 Å². The standard InChI is InChI=1S/C14H14F3N3O/c15-14(16,17)9-20(8-6-18)13(21)12-11-4-2-1-3-10(11)5-7-19-12/h1-5,7H,6,8-9,18H2. The van der Waals surface area contributed by atoms with Gasteiger partial charge < -0.3 is 10.6 Å². The normalized spacial score (nSPS) is 11.6. The Morgan fingerprint density at radius 1 is 1.24 bits per heavy atom. The molecule has 2 aromatic rings. The third kappa shape index (κ3) is 3.69. The van der Waals surface area contributed by atoms with E-state index in [1.54, 1.807) is 30.3 Å². The van der Waals surface area contributed by atoms with Crippen LogP contribution in [0.2, 0.25) is 0 Å². The van der Waals surface area contributed by atoms with E-state index in [-0.39, 0.29) is 18.8 Å². The predicted octanol–water partition coefficient (Wildman–Crippen LogP) is 2.20. The lowest BCUT2D eigenvalue weighted by atomic mass is 10.1. The molecular formula is C14H14F3N3O. The fourth-order valence-electron chi connectivity index (χ4n) is 2.06. The molecule has 0 atom stereocenters.